The van der Waals surface area contributed by atoms with Crippen LogP contribution in [0.1, 0.15) is 13.8 Å². The van der Waals surface area contributed by atoms with Crippen molar-refractivity contribution < 1.29 is 9.47 Å². The van der Waals surface area contributed by atoms with Crippen molar-refractivity contribution in [3.8, 4) is 5.75 Å². The SMILES string of the molecule is CN=C(NCC(C)Oc1ccc(Cl)cc1)NC(C)COC.I. The lowest BCUT2D eigenvalue weighted by Crippen LogP contribution is -2.46. The number of aliphatic imine (C=N–C) groups is 1. The number of guanidine groups is 1. The molecule has 126 valence electrons. The third-order valence-corrected chi connectivity index (χ3v) is 2.98. The van der Waals surface area contributed by atoms with Crippen LogP contribution in [-0.4, -0.2) is 45.4 Å². The minimum atomic E-state index is 0. The van der Waals surface area contributed by atoms with Crippen molar-refractivity contribution in [2.24, 2.45) is 4.99 Å². The minimum Gasteiger partial charge on any atom is -0.489 e. The van der Waals surface area contributed by atoms with Gasteiger partial charge in [-0.1, -0.05) is 11.6 Å². The molecule has 0 radical (unpaired) electrons. The molecule has 2 atom stereocenters. The topological polar surface area (TPSA) is 54.9 Å². The molecule has 0 amide bonds. The number of methoxy groups -OCH3 is 1. The number of benzene rings is 1. The van der Waals surface area contributed by atoms with E-state index in [0.717, 1.165) is 11.7 Å². The molecule has 0 aromatic heterocycles. The highest BCUT2D eigenvalue weighted by Gasteiger charge is 2.08. The van der Waals surface area contributed by atoms with Crippen LogP contribution in [0.5, 0.6) is 5.75 Å². The summed E-state index contributed by atoms with van der Waals surface area (Å²) in [6.45, 7) is 5.29. The molecule has 0 aliphatic heterocycles. The summed E-state index contributed by atoms with van der Waals surface area (Å²) in [4.78, 5) is 4.17. The van der Waals surface area contributed by atoms with Gasteiger partial charge in [-0.05, 0) is 38.1 Å². The lowest BCUT2D eigenvalue weighted by Gasteiger charge is -2.20. The van der Waals surface area contributed by atoms with Crippen LogP contribution in [0.15, 0.2) is 29.3 Å². The fraction of sp³-hybridized carbons (Fsp3) is 0.533. The quantitative estimate of drug-likeness (QED) is 0.388. The minimum absolute atomic E-state index is 0. The molecule has 2 N–H and O–H groups in total. The lowest BCUT2D eigenvalue weighted by molar-refractivity contribution is 0.178. The molecular weight excluding hydrogens is 417 g/mol. The van der Waals surface area contributed by atoms with Crippen LogP contribution in [0.4, 0.5) is 0 Å². The van der Waals surface area contributed by atoms with Crippen LogP contribution in [-0.2, 0) is 4.74 Å². The molecule has 0 spiro atoms. The summed E-state index contributed by atoms with van der Waals surface area (Å²) in [5.41, 5.74) is 0. The molecule has 0 aliphatic carbocycles. The van der Waals surface area contributed by atoms with Crippen molar-refractivity contribution in [1.29, 1.82) is 0 Å². The second-order valence-corrected chi connectivity index (χ2v) is 5.27. The zero-order valence-corrected chi connectivity index (χ0v) is 16.5. The van der Waals surface area contributed by atoms with Crippen molar-refractivity contribution in [2.45, 2.75) is 26.0 Å². The molecule has 7 heteroatoms. The maximum Gasteiger partial charge on any atom is 0.191 e. The van der Waals surface area contributed by atoms with E-state index in [2.05, 4.69) is 15.6 Å². The first-order valence-electron chi connectivity index (χ1n) is 6.93. The summed E-state index contributed by atoms with van der Waals surface area (Å²) < 4.78 is 10.9. The average molecular weight is 442 g/mol. The molecule has 22 heavy (non-hydrogen) atoms. The van der Waals surface area contributed by atoms with E-state index in [0.29, 0.717) is 18.2 Å². The predicted octanol–water partition coefficient (Wildman–Crippen LogP) is 2.93. The normalized spacial score (nSPS) is 13.8. The van der Waals surface area contributed by atoms with Crippen LogP contribution < -0.4 is 15.4 Å². The standard InChI is InChI=1S/C15H24ClN3O2.HI/c1-11(10-20-4)19-15(17-3)18-9-12(2)21-14-7-5-13(16)6-8-14;/h5-8,11-12H,9-10H2,1-4H3,(H2,17,18,19);1H. The van der Waals surface area contributed by atoms with Gasteiger partial charge in [0.05, 0.1) is 13.2 Å². The van der Waals surface area contributed by atoms with Crippen molar-refractivity contribution >= 4 is 41.5 Å². The molecule has 0 fully saturated rings. The van der Waals surface area contributed by atoms with Gasteiger partial charge in [-0.15, -0.1) is 24.0 Å². The van der Waals surface area contributed by atoms with Crippen LogP contribution >= 0.6 is 35.6 Å². The highest BCUT2D eigenvalue weighted by molar-refractivity contribution is 14.0. The lowest BCUT2D eigenvalue weighted by atomic mass is 10.3. The Hall–Kier alpha value is -0.730. The van der Waals surface area contributed by atoms with Gasteiger partial charge >= 0.3 is 0 Å². The Morgan fingerprint density at radius 1 is 1.27 bits per heavy atom. The Kier molecular flexibility index (Phi) is 11.4. The summed E-state index contributed by atoms with van der Waals surface area (Å²) >= 11 is 5.84. The van der Waals surface area contributed by atoms with E-state index in [4.69, 9.17) is 21.1 Å². The molecule has 0 bridgehead atoms. The van der Waals surface area contributed by atoms with Crippen LogP contribution in [0, 0.1) is 0 Å². The number of hydrogen-bond acceptors (Lipinski definition) is 3. The summed E-state index contributed by atoms with van der Waals surface area (Å²) in [7, 11) is 3.41. The first-order chi connectivity index (χ1) is 10.0. The third-order valence-electron chi connectivity index (χ3n) is 2.73. The Morgan fingerprint density at radius 2 is 1.91 bits per heavy atom. The number of nitrogens with zero attached hydrogens (tertiary/aromatic N) is 1. The third kappa shape index (κ3) is 8.65. The number of rotatable bonds is 7. The van der Waals surface area contributed by atoms with Gasteiger partial charge in [0.15, 0.2) is 5.96 Å². The van der Waals surface area contributed by atoms with Crippen LogP contribution in [0.25, 0.3) is 0 Å². The van der Waals surface area contributed by atoms with Gasteiger partial charge in [-0.25, -0.2) is 0 Å². The molecule has 1 rings (SSSR count). The van der Waals surface area contributed by atoms with E-state index in [1.54, 1.807) is 14.2 Å². The average Bonchev–Trinajstić information content (AvgIpc) is 2.46. The Labute approximate surface area is 154 Å². The fourth-order valence-corrected chi connectivity index (χ4v) is 1.87. The van der Waals surface area contributed by atoms with Gasteiger partial charge in [0, 0.05) is 25.2 Å². The molecular formula is C15H25ClIN3O2. The molecule has 0 saturated heterocycles. The van der Waals surface area contributed by atoms with Gasteiger partial charge in [0.1, 0.15) is 11.9 Å². The Bertz CT molecular complexity index is 443. The Balaban J connectivity index is 0.00000441. The zero-order valence-electron chi connectivity index (χ0n) is 13.4. The second kappa shape index (κ2) is 11.8. The summed E-state index contributed by atoms with van der Waals surface area (Å²) in [6.07, 6.45) is 0.00227. The molecule has 0 saturated carbocycles. The fourth-order valence-electron chi connectivity index (χ4n) is 1.75. The van der Waals surface area contributed by atoms with Crippen LogP contribution in [0.3, 0.4) is 0 Å². The van der Waals surface area contributed by atoms with Crippen molar-refractivity contribution in [3.05, 3.63) is 29.3 Å². The van der Waals surface area contributed by atoms with E-state index in [-0.39, 0.29) is 36.1 Å². The smallest absolute Gasteiger partial charge is 0.191 e. The maximum atomic E-state index is 5.84. The number of halogens is 2. The number of ether oxygens (including phenoxy) is 2. The van der Waals surface area contributed by atoms with Crippen molar-refractivity contribution in [1.82, 2.24) is 10.6 Å². The van der Waals surface area contributed by atoms with Gasteiger partial charge in [-0.3, -0.25) is 4.99 Å². The first kappa shape index (κ1) is 21.3. The van der Waals surface area contributed by atoms with Gasteiger partial charge in [0.2, 0.25) is 0 Å². The molecule has 1 aromatic rings. The molecule has 1 aromatic carbocycles. The summed E-state index contributed by atoms with van der Waals surface area (Å²) in [5.74, 6) is 1.52. The summed E-state index contributed by atoms with van der Waals surface area (Å²) in [6, 6.07) is 7.52. The van der Waals surface area contributed by atoms with E-state index in [1.807, 2.05) is 38.1 Å². The van der Waals surface area contributed by atoms with E-state index in [9.17, 15) is 0 Å². The largest absolute Gasteiger partial charge is 0.489 e. The molecule has 5 nitrogen and oxygen atoms in total. The van der Waals surface area contributed by atoms with E-state index >= 15 is 0 Å². The van der Waals surface area contributed by atoms with Crippen molar-refractivity contribution in [3.63, 3.8) is 0 Å². The van der Waals surface area contributed by atoms with Crippen LogP contribution in [0.2, 0.25) is 5.02 Å². The van der Waals surface area contributed by atoms with Crippen molar-refractivity contribution in [2.75, 3.05) is 27.3 Å². The Morgan fingerprint density at radius 3 is 2.45 bits per heavy atom. The van der Waals surface area contributed by atoms with E-state index < -0.39 is 0 Å². The highest BCUT2D eigenvalue weighted by Crippen LogP contribution is 2.16. The summed E-state index contributed by atoms with van der Waals surface area (Å²) in [5, 5.41) is 7.16. The maximum absolute atomic E-state index is 5.84. The predicted molar refractivity (Wildman–Crippen MR) is 103 cm³/mol. The molecule has 0 aliphatic rings. The second-order valence-electron chi connectivity index (χ2n) is 4.84. The van der Waals surface area contributed by atoms with Gasteiger partial charge < -0.3 is 20.1 Å². The molecule has 2 unspecified atom stereocenters. The van der Waals surface area contributed by atoms with Gasteiger partial charge in [0.25, 0.3) is 0 Å². The highest BCUT2D eigenvalue weighted by atomic mass is 127. The monoisotopic (exact) mass is 441 g/mol. The zero-order chi connectivity index (χ0) is 15.7. The van der Waals surface area contributed by atoms with E-state index in [1.165, 1.54) is 0 Å². The number of nitrogens with one attached hydrogen (secondary N) is 2. The number of hydrogen-bond donors (Lipinski definition) is 2. The molecule has 0 heterocycles. The van der Waals surface area contributed by atoms with Gasteiger partial charge in [-0.2, -0.15) is 0 Å². The first-order valence-corrected chi connectivity index (χ1v) is 7.31.